The topological polar surface area (TPSA) is 102 Å². The standard InChI is InChI=1S/C22H25N3O5/c1-16-13-18(7-8-20(16)25(28)29)22(27)23-14-17-9-11-24(12-10-17)21(26)15-30-19-5-3-2-4-6-19/h2-8,13,17H,9-12,14-15H2,1H3,(H,23,27). The monoisotopic (exact) mass is 411 g/mol. The van der Waals surface area contributed by atoms with Gasteiger partial charge in [-0.25, -0.2) is 0 Å². The zero-order valence-electron chi connectivity index (χ0n) is 16.9. The van der Waals surface area contributed by atoms with E-state index in [-0.39, 0.29) is 30.0 Å². The van der Waals surface area contributed by atoms with Gasteiger partial charge in [-0.15, -0.1) is 0 Å². The van der Waals surface area contributed by atoms with Crippen molar-refractivity contribution in [1.29, 1.82) is 0 Å². The molecule has 0 aliphatic carbocycles. The summed E-state index contributed by atoms with van der Waals surface area (Å²) in [6.07, 6.45) is 1.60. The maximum atomic E-state index is 12.4. The average Bonchev–Trinajstić information content (AvgIpc) is 2.76. The molecular formula is C22H25N3O5. The van der Waals surface area contributed by atoms with E-state index in [0.29, 0.717) is 36.5 Å². The largest absolute Gasteiger partial charge is 0.484 e. The van der Waals surface area contributed by atoms with Crippen LogP contribution in [0.1, 0.15) is 28.8 Å². The highest BCUT2D eigenvalue weighted by molar-refractivity contribution is 5.94. The second-order valence-corrected chi connectivity index (χ2v) is 7.39. The normalized spacial score (nSPS) is 14.2. The second-order valence-electron chi connectivity index (χ2n) is 7.39. The molecule has 0 spiro atoms. The first-order valence-electron chi connectivity index (χ1n) is 9.93. The van der Waals surface area contributed by atoms with Crippen molar-refractivity contribution in [3.63, 3.8) is 0 Å². The van der Waals surface area contributed by atoms with Gasteiger partial charge in [-0.3, -0.25) is 19.7 Å². The van der Waals surface area contributed by atoms with E-state index in [9.17, 15) is 19.7 Å². The van der Waals surface area contributed by atoms with Gasteiger partial charge >= 0.3 is 0 Å². The molecule has 8 heteroatoms. The summed E-state index contributed by atoms with van der Waals surface area (Å²) in [7, 11) is 0. The number of amides is 2. The lowest BCUT2D eigenvalue weighted by molar-refractivity contribution is -0.385. The zero-order valence-corrected chi connectivity index (χ0v) is 16.9. The molecule has 2 aromatic rings. The van der Waals surface area contributed by atoms with Crippen molar-refractivity contribution >= 4 is 17.5 Å². The summed E-state index contributed by atoms with van der Waals surface area (Å²) in [4.78, 5) is 36.9. The first-order valence-corrected chi connectivity index (χ1v) is 9.93. The minimum atomic E-state index is -0.461. The van der Waals surface area contributed by atoms with Gasteiger partial charge in [0.2, 0.25) is 0 Å². The molecular weight excluding hydrogens is 386 g/mol. The quantitative estimate of drug-likeness (QED) is 0.557. The predicted molar refractivity (Wildman–Crippen MR) is 111 cm³/mol. The number of nitrogens with zero attached hydrogens (tertiary/aromatic N) is 2. The van der Waals surface area contributed by atoms with Gasteiger partial charge in [0.25, 0.3) is 17.5 Å². The molecule has 2 aromatic carbocycles. The highest BCUT2D eigenvalue weighted by Crippen LogP contribution is 2.20. The molecule has 1 aliphatic rings. The van der Waals surface area contributed by atoms with Gasteiger partial charge in [-0.05, 0) is 49.9 Å². The molecule has 0 aromatic heterocycles. The number of piperidine rings is 1. The van der Waals surface area contributed by atoms with Crippen molar-refractivity contribution in [3.8, 4) is 5.75 Å². The molecule has 0 saturated carbocycles. The molecule has 1 fully saturated rings. The van der Waals surface area contributed by atoms with E-state index in [4.69, 9.17) is 4.74 Å². The summed E-state index contributed by atoms with van der Waals surface area (Å²) in [5.74, 6) is 0.669. The van der Waals surface area contributed by atoms with E-state index in [2.05, 4.69) is 5.32 Å². The Balaban J connectivity index is 1.41. The molecule has 2 amide bonds. The maximum absolute atomic E-state index is 12.4. The second kappa shape index (κ2) is 9.87. The van der Waals surface area contributed by atoms with Gasteiger partial charge in [0.05, 0.1) is 4.92 Å². The number of nitrogens with one attached hydrogen (secondary N) is 1. The van der Waals surface area contributed by atoms with Crippen LogP contribution in [-0.2, 0) is 4.79 Å². The Morgan fingerprint density at radius 1 is 1.17 bits per heavy atom. The van der Waals surface area contributed by atoms with Crippen LogP contribution < -0.4 is 10.1 Å². The molecule has 0 atom stereocenters. The lowest BCUT2D eigenvalue weighted by atomic mass is 9.96. The third-order valence-electron chi connectivity index (χ3n) is 5.28. The van der Waals surface area contributed by atoms with Crippen LogP contribution in [0.5, 0.6) is 5.75 Å². The SMILES string of the molecule is Cc1cc(C(=O)NCC2CCN(C(=O)COc3ccccc3)CC2)ccc1[N+](=O)[O-]. The van der Waals surface area contributed by atoms with Crippen molar-refractivity contribution in [2.24, 2.45) is 5.92 Å². The first-order chi connectivity index (χ1) is 14.4. The van der Waals surface area contributed by atoms with Crippen LogP contribution in [0.2, 0.25) is 0 Å². The minimum absolute atomic E-state index is 0.000155. The van der Waals surface area contributed by atoms with Crippen molar-refractivity contribution in [3.05, 3.63) is 69.8 Å². The summed E-state index contributed by atoms with van der Waals surface area (Å²) >= 11 is 0. The van der Waals surface area contributed by atoms with Gasteiger partial charge < -0.3 is 15.0 Å². The fraction of sp³-hybridized carbons (Fsp3) is 0.364. The molecule has 0 radical (unpaired) electrons. The fourth-order valence-electron chi connectivity index (χ4n) is 3.48. The molecule has 1 saturated heterocycles. The molecule has 1 heterocycles. The van der Waals surface area contributed by atoms with Crippen LogP contribution in [0.3, 0.4) is 0 Å². The Kier molecular flexibility index (Phi) is 7.00. The Morgan fingerprint density at radius 3 is 2.50 bits per heavy atom. The van der Waals surface area contributed by atoms with Crippen LogP contribution in [0.4, 0.5) is 5.69 Å². The number of hydrogen-bond acceptors (Lipinski definition) is 5. The van der Waals surface area contributed by atoms with Crippen LogP contribution in [0, 0.1) is 23.0 Å². The number of aryl methyl sites for hydroxylation is 1. The number of likely N-dealkylation sites (tertiary alicyclic amines) is 1. The van der Waals surface area contributed by atoms with Crippen LogP contribution in [-0.4, -0.2) is 47.9 Å². The summed E-state index contributed by atoms with van der Waals surface area (Å²) in [5, 5.41) is 13.8. The number of ether oxygens (including phenoxy) is 1. The van der Waals surface area contributed by atoms with E-state index in [1.54, 1.807) is 11.8 Å². The zero-order chi connectivity index (χ0) is 21.5. The Hall–Kier alpha value is -3.42. The molecule has 8 nitrogen and oxygen atoms in total. The number of para-hydroxylation sites is 1. The number of nitro groups is 1. The van der Waals surface area contributed by atoms with Gasteiger partial charge in [-0.1, -0.05) is 18.2 Å². The molecule has 0 bridgehead atoms. The van der Waals surface area contributed by atoms with Gasteiger partial charge in [0.15, 0.2) is 6.61 Å². The van der Waals surface area contributed by atoms with E-state index in [0.717, 1.165) is 12.8 Å². The number of nitro benzene ring substituents is 1. The smallest absolute Gasteiger partial charge is 0.272 e. The maximum Gasteiger partial charge on any atom is 0.272 e. The molecule has 0 unspecified atom stereocenters. The summed E-state index contributed by atoms with van der Waals surface area (Å²) < 4.78 is 5.52. The van der Waals surface area contributed by atoms with Crippen molar-refractivity contribution in [2.45, 2.75) is 19.8 Å². The van der Waals surface area contributed by atoms with E-state index >= 15 is 0 Å². The molecule has 3 rings (SSSR count). The van der Waals surface area contributed by atoms with Gasteiger partial charge in [0, 0.05) is 36.8 Å². The highest BCUT2D eigenvalue weighted by Gasteiger charge is 2.23. The summed E-state index contributed by atoms with van der Waals surface area (Å²) in [5.41, 5.74) is 0.862. The average molecular weight is 411 g/mol. The third-order valence-corrected chi connectivity index (χ3v) is 5.28. The van der Waals surface area contributed by atoms with Gasteiger partial charge in [0.1, 0.15) is 5.75 Å². The minimum Gasteiger partial charge on any atom is -0.484 e. The molecule has 30 heavy (non-hydrogen) atoms. The lowest BCUT2D eigenvalue weighted by Gasteiger charge is -2.32. The highest BCUT2D eigenvalue weighted by atomic mass is 16.6. The summed E-state index contributed by atoms with van der Waals surface area (Å²) in [6.45, 7) is 3.41. The molecule has 1 aliphatic heterocycles. The predicted octanol–water partition coefficient (Wildman–Crippen LogP) is 2.95. The molecule has 1 N–H and O–H groups in total. The number of rotatable bonds is 7. The van der Waals surface area contributed by atoms with Crippen molar-refractivity contribution in [2.75, 3.05) is 26.2 Å². The van der Waals surface area contributed by atoms with Crippen LogP contribution in [0.25, 0.3) is 0 Å². The van der Waals surface area contributed by atoms with Crippen LogP contribution in [0.15, 0.2) is 48.5 Å². The molecule has 158 valence electrons. The van der Waals surface area contributed by atoms with Gasteiger partial charge in [-0.2, -0.15) is 0 Å². The van der Waals surface area contributed by atoms with Crippen LogP contribution >= 0.6 is 0 Å². The number of benzene rings is 2. The van der Waals surface area contributed by atoms with E-state index in [1.807, 2.05) is 30.3 Å². The Morgan fingerprint density at radius 2 is 1.87 bits per heavy atom. The third kappa shape index (κ3) is 5.56. The van der Waals surface area contributed by atoms with E-state index < -0.39 is 4.92 Å². The number of hydrogen-bond donors (Lipinski definition) is 1. The lowest BCUT2D eigenvalue weighted by Crippen LogP contribution is -2.43. The summed E-state index contributed by atoms with van der Waals surface area (Å²) in [6, 6.07) is 13.6. The number of carbonyl (C=O) groups excluding carboxylic acids is 2. The Bertz CT molecular complexity index is 908. The number of carbonyl (C=O) groups is 2. The van der Waals surface area contributed by atoms with Crippen molar-refractivity contribution < 1.29 is 19.2 Å². The van der Waals surface area contributed by atoms with Crippen molar-refractivity contribution in [1.82, 2.24) is 10.2 Å². The van der Waals surface area contributed by atoms with E-state index in [1.165, 1.54) is 18.2 Å². The Labute approximate surface area is 175 Å². The first kappa shape index (κ1) is 21.3. The fourth-order valence-corrected chi connectivity index (χ4v) is 3.48.